The predicted molar refractivity (Wildman–Crippen MR) is 76.4 cm³/mol. The van der Waals surface area contributed by atoms with Crippen LogP contribution in [0.25, 0.3) is 0 Å². The number of rotatable bonds is 2. The Morgan fingerprint density at radius 1 is 1.35 bits per heavy atom. The number of carbonyl (C=O) groups excluding carboxylic acids is 1. The molecule has 2 unspecified atom stereocenters. The first-order chi connectivity index (χ1) is 9.75. The SMILES string of the molecule is O=C1NCCOc2ccc(C(Cl)C3CCCOC3)cc21. The molecule has 108 valence electrons. The van der Waals surface area contributed by atoms with Gasteiger partial charge in [-0.1, -0.05) is 6.07 Å². The molecule has 2 aliphatic rings. The molecule has 5 heteroatoms. The van der Waals surface area contributed by atoms with Gasteiger partial charge >= 0.3 is 0 Å². The van der Waals surface area contributed by atoms with Crippen molar-refractivity contribution >= 4 is 17.5 Å². The van der Waals surface area contributed by atoms with Gasteiger partial charge in [-0.25, -0.2) is 0 Å². The fourth-order valence-electron chi connectivity index (χ4n) is 2.71. The summed E-state index contributed by atoms with van der Waals surface area (Å²) in [6, 6.07) is 5.64. The second-order valence-corrected chi connectivity index (χ2v) is 5.71. The summed E-state index contributed by atoms with van der Waals surface area (Å²) in [6.07, 6.45) is 2.11. The average molecular weight is 296 g/mol. The third-order valence-corrected chi connectivity index (χ3v) is 4.43. The van der Waals surface area contributed by atoms with Gasteiger partial charge in [0.15, 0.2) is 0 Å². The highest BCUT2D eigenvalue weighted by Gasteiger charge is 2.26. The van der Waals surface area contributed by atoms with E-state index in [-0.39, 0.29) is 11.3 Å². The topological polar surface area (TPSA) is 47.6 Å². The zero-order valence-corrected chi connectivity index (χ0v) is 12.0. The third kappa shape index (κ3) is 2.76. The number of nitrogens with one attached hydrogen (secondary N) is 1. The Balaban J connectivity index is 1.85. The molecule has 0 spiro atoms. The molecule has 0 aliphatic carbocycles. The molecule has 1 aromatic carbocycles. The number of benzene rings is 1. The highest BCUT2D eigenvalue weighted by molar-refractivity contribution is 6.21. The maximum atomic E-state index is 12.0. The molecule has 0 aromatic heterocycles. The van der Waals surface area contributed by atoms with Gasteiger partial charge in [0, 0.05) is 12.5 Å². The lowest BCUT2D eigenvalue weighted by atomic mass is 9.92. The van der Waals surface area contributed by atoms with Crippen molar-refractivity contribution in [2.24, 2.45) is 5.92 Å². The molecular formula is C15H18ClNO3. The number of fused-ring (bicyclic) bond motifs is 1. The number of carbonyl (C=O) groups is 1. The van der Waals surface area contributed by atoms with Gasteiger partial charge in [0.25, 0.3) is 5.91 Å². The summed E-state index contributed by atoms with van der Waals surface area (Å²) in [5, 5.41) is 2.69. The van der Waals surface area contributed by atoms with Crippen LogP contribution in [-0.4, -0.2) is 32.3 Å². The number of halogens is 1. The van der Waals surface area contributed by atoms with Crippen molar-refractivity contribution in [2.45, 2.75) is 18.2 Å². The highest BCUT2D eigenvalue weighted by atomic mass is 35.5. The van der Waals surface area contributed by atoms with Crippen LogP contribution < -0.4 is 10.1 Å². The van der Waals surface area contributed by atoms with Crippen molar-refractivity contribution in [1.82, 2.24) is 5.32 Å². The average Bonchev–Trinajstić information content (AvgIpc) is 2.69. The summed E-state index contributed by atoms with van der Waals surface area (Å²) in [6.45, 7) is 2.54. The Kier molecular flexibility index (Phi) is 4.13. The molecule has 0 saturated carbocycles. The van der Waals surface area contributed by atoms with E-state index < -0.39 is 0 Å². The molecule has 1 amide bonds. The van der Waals surface area contributed by atoms with E-state index in [1.54, 1.807) is 0 Å². The molecule has 1 fully saturated rings. The minimum absolute atomic E-state index is 0.0943. The first kappa shape index (κ1) is 13.7. The van der Waals surface area contributed by atoms with Crippen LogP contribution in [0.5, 0.6) is 5.75 Å². The number of alkyl halides is 1. The maximum Gasteiger partial charge on any atom is 0.255 e. The van der Waals surface area contributed by atoms with Crippen LogP contribution in [0.2, 0.25) is 0 Å². The second-order valence-electron chi connectivity index (χ2n) is 5.24. The van der Waals surface area contributed by atoms with Crippen LogP contribution in [0.1, 0.15) is 34.1 Å². The van der Waals surface area contributed by atoms with Gasteiger partial charge < -0.3 is 14.8 Å². The Labute approximate surface area is 123 Å². The van der Waals surface area contributed by atoms with Crippen molar-refractivity contribution in [1.29, 1.82) is 0 Å². The summed E-state index contributed by atoms with van der Waals surface area (Å²) < 4.78 is 11.0. The lowest BCUT2D eigenvalue weighted by Crippen LogP contribution is -2.24. The summed E-state index contributed by atoms with van der Waals surface area (Å²) in [4.78, 5) is 12.0. The van der Waals surface area contributed by atoms with Gasteiger partial charge in [0.1, 0.15) is 12.4 Å². The van der Waals surface area contributed by atoms with Crippen LogP contribution in [0.15, 0.2) is 18.2 Å². The highest BCUT2D eigenvalue weighted by Crippen LogP contribution is 2.36. The normalized spacial score (nSPS) is 24.1. The molecule has 3 rings (SSSR count). The fourth-order valence-corrected chi connectivity index (χ4v) is 3.05. The Bertz CT molecular complexity index is 500. The molecule has 1 aromatic rings. The smallest absolute Gasteiger partial charge is 0.255 e. The van der Waals surface area contributed by atoms with E-state index in [0.717, 1.165) is 25.0 Å². The van der Waals surface area contributed by atoms with Crippen molar-refractivity contribution in [3.63, 3.8) is 0 Å². The molecule has 0 bridgehead atoms. The van der Waals surface area contributed by atoms with Crippen molar-refractivity contribution in [2.75, 3.05) is 26.4 Å². The Morgan fingerprint density at radius 3 is 3.05 bits per heavy atom. The van der Waals surface area contributed by atoms with E-state index in [1.165, 1.54) is 0 Å². The van der Waals surface area contributed by atoms with Crippen LogP contribution in [0, 0.1) is 5.92 Å². The summed E-state index contributed by atoms with van der Waals surface area (Å²) in [7, 11) is 0. The van der Waals surface area contributed by atoms with E-state index in [0.29, 0.717) is 37.0 Å². The molecule has 1 N–H and O–H groups in total. The van der Waals surface area contributed by atoms with Gasteiger partial charge in [-0.2, -0.15) is 0 Å². The second kappa shape index (κ2) is 6.02. The van der Waals surface area contributed by atoms with Crippen molar-refractivity contribution < 1.29 is 14.3 Å². The molecule has 1 saturated heterocycles. The van der Waals surface area contributed by atoms with Gasteiger partial charge in [0.05, 0.1) is 24.1 Å². The third-order valence-electron chi connectivity index (χ3n) is 3.82. The van der Waals surface area contributed by atoms with Gasteiger partial charge in [-0.3, -0.25) is 4.79 Å². The zero-order chi connectivity index (χ0) is 13.9. The predicted octanol–water partition coefficient (Wildman–Crippen LogP) is 2.52. The zero-order valence-electron chi connectivity index (χ0n) is 11.2. The molecule has 4 nitrogen and oxygen atoms in total. The number of ether oxygens (including phenoxy) is 2. The van der Waals surface area contributed by atoms with Crippen molar-refractivity contribution in [3.05, 3.63) is 29.3 Å². The van der Waals surface area contributed by atoms with Gasteiger partial charge in [-0.05, 0) is 30.5 Å². The summed E-state index contributed by atoms with van der Waals surface area (Å²) >= 11 is 6.56. The minimum Gasteiger partial charge on any atom is -0.491 e. The molecule has 2 aliphatic heterocycles. The van der Waals surface area contributed by atoms with Gasteiger partial charge in [0.2, 0.25) is 0 Å². The molecule has 20 heavy (non-hydrogen) atoms. The van der Waals surface area contributed by atoms with Crippen LogP contribution >= 0.6 is 11.6 Å². The first-order valence-corrected chi connectivity index (χ1v) is 7.46. The number of amides is 1. The monoisotopic (exact) mass is 295 g/mol. The molecular weight excluding hydrogens is 278 g/mol. The lowest BCUT2D eigenvalue weighted by molar-refractivity contribution is 0.0531. The molecule has 0 radical (unpaired) electrons. The minimum atomic E-state index is -0.128. The van der Waals surface area contributed by atoms with E-state index in [1.807, 2.05) is 18.2 Å². The van der Waals surface area contributed by atoms with E-state index >= 15 is 0 Å². The first-order valence-electron chi connectivity index (χ1n) is 7.02. The van der Waals surface area contributed by atoms with Crippen LogP contribution in [0.4, 0.5) is 0 Å². The summed E-state index contributed by atoms with van der Waals surface area (Å²) in [5.41, 5.74) is 1.53. The molecule has 2 atom stereocenters. The number of hydrogen-bond donors (Lipinski definition) is 1. The largest absolute Gasteiger partial charge is 0.491 e. The van der Waals surface area contributed by atoms with Crippen LogP contribution in [0.3, 0.4) is 0 Å². The summed E-state index contributed by atoms with van der Waals surface area (Å²) in [5.74, 6) is 0.842. The lowest BCUT2D eigenvalue weighted by Gasteiger charge is -2.26. The maximum absolute atomic E-state index is 12.0. The van der Waals surface area contributed by atoms with E-state index in [2.05, 4.69) is 5.32 Å². The quantitative estimate of drug-likeness (QED) is 0.853. The van der Waals surface area contributed by atoms with Gasteiger partial charge in [-0.15, -0.1) is 11.6 Å². The van der Waals surface area contributed by atoms with Crippen LogP contribution in [-0.2, 0) is 4.74 Å². The van der Waals surface area contributed by atoms with E-state index in [9.17, 15) is 4.79 Å². The molecule has 2 heterocycles. The number of hydrogen-bond acceptors (Lipinski definition) is 3. The fraction of sp³-hybridized carbons (Fsp3) is 0.533. The Morgan fingerprint density at radius 2 is 2.25 bits per heavy atom. The van der Waals surface area contributed by atoms with Crippen molar-refractivity contribution in [3.8, 4) is 5.75 Å². The Hall–Kier alpha value is -1.26. The standard InChI is InChI=1S/C15H18ClNO3/c16-14(11-2-1-6-19-9-11)10-3-4-13-12(8-10)15(18)17-5-7-20-13/h3-4,8,11,14H,1-2,5-7,9H2,(H,17,18). The van der Waals surface area contributed by atoms with E-state index in [4.69, 9.17) is 21.1 Å².